The summed E-state index contributed by atoms with van der Waals surface area (Å²) < 4.78 is 4.87. The van der Waals surface area contributed by atoms with Crippen LogP contribution in [0.1, 0.15) is 12.1 Å². The fourth-order valence-electron chi connectivity index (χ4n) is 1.51. The molecule has 1 unspecified atom stereocenters. The maximum absolute atomic E-state index is 10.8. The second-order valence-corrected chi connectivity index (χ2v) is 3.28. The van der Waals surface area contributed by atoms with Crippen LogP contribution in [0.3, 0.4) is 0 Å². The Kier molecular flexibility index (Phi) is 2.25. The smallest absolute Gasteiger partial charge is 0.306 e. The van der Waals surface area contributed by atoms with Crippen LogP contribution in [0.25, 0.3) is 0 Å². The molecule has 1 aromatic rings. The average Bonchev–Trinajstić information content (AvgIpc) is 2.53. The lowest BCUT2D eigenvalue weighted by Crippen LogP contribution is -2.04. The van der Waals surface area contributed by atoms with Crippen LogP contribution in [0, 0.1) is 5.92 Å². The van der Waals surface area contributed by atoms with Crippen molar-refractivity contribution in [2.24, 2.45) is 5.92 Å². The van der Waals surface area contributed by atoms with E-state index in [2.05, 4.69) is 4.98 Å². The van der Waals surface area contributed by atoms with Gasteiger partial charge in [0.05, 0.1) is 13.0 Å². The highest BCUT2D eigenvalue weighted by atomic mass is 16.5. The summed E-state index contributed by atoms with van der Waals surface area (Å²) in [6.45, 7) is 0.551. The molecule has 2 heterocycles. The zero-order valence-corrected chi connectivity index (χ0v) is 7.27. The van der Waals surface area contributed by atoms with Crippen molar-refractivity contribution >= 4 is 5.97 Å². The highest BCUT2D eigenvalue weighted by Crippen LogP contribution is 2.17. The summed E-state index contributed by atoms with van der Waals surface area (Å²) in [6.07, 6.45) is 3.15. The molecule has 68 valence electrons. The van der Waals surface area contributed by atoms with Crippen molar-refractivity contribution in [3.05, 3.63) is 30.1 Å². The molecule has 1 atom stereocenters. The van der Waals surface area contributed by atoms with Crippen LogP contribution in [-0.2, 0) is 16.0 Å². The monoisotopic (exact) mass is 177 g/mol. The van der Waals surface area contributed by atoms with Gasteiger partial charge in [0.15, 0.2) is 0 Å². The number of nitrogens with zero attached hydrogens (tertiary/aromatic N) is 1. The number of cyclic esters (lactones) is 1. The molecule has 3 nitrogen and oxygen atoms in total. The van der Waals surface area contributed by atoms with E-state index in [9.17, 15) is 4.79 Å². The molecule has 1 aromatic heterocycles. The van der Waals surface area contributed by atoms with Crippen molar-refractivity contribution in [2.75, 3.05) is 6.61 Å². The molecule has 0 spiro atoms. The molecule has 0 radical (unpaired) electrons. The maximum Gasteiger partial charge on any atom is 0.306 e. The van der Waals surface area contributed by atoms with Crippen molar-refractivity contribution in [1.82, 2.24) is 4.98 Å². The largest absolute Gasteiger partial charge is 0.465 e. The van der Waals surface area contributed by atoms with Crippen molar-refractivity contribution < 1.29 is 9.53 Å². The quantitative estimate of drug-likeness (QED) is 0.637. The summed E-state index contributed by atoms with van der Waals surface area (Å²) in [5.74, 6) is 0.239. The number of ether oxygens (including phenoxy) is 1. The topological polar surface area (TPSA) is 39.2 Å². The zero-order chi connectivity index (χ0) is 9.10. The van der Waals surface area contributed by atoms with E-state index in [1.54, 1.807) is 6.20 Å². The van der Waals surface area contributed by atoms with E-state index in [1.807, 2.05) is 18.2 Å². The Hall–Kier alpha value is -1.38. The molecule has 2 rings (SSSR count). The molecule has 0 amide bonds. The number of hydrogen-bond donors (Lipinski definition) is 0. The molecule has 13 heavy (non-hydrogen) atoms. The van der Waals surface area contributed by atoms with Gasteiger partial charge < -0.3 is 4.74 Å². The van der Waals surface area contributed by atoms with Gasteiger partial charge in [-0.15, -0.1) is 0 Å². The number of esters is 1. The van der Waals surface area contributed by atoms with Crippen molar-refractivity contribution in [3.8, 4) is 0 Å². The Labute approximate surface area is 76.7 Å². The van der Waals surface area contributed by atoms with Gasteiger partial charge in [-0.3, -0.25) is 9.78 Å². The SMILES string of the molecule is O=C1CC(Cc2ccccn2)CO1. The van der Waals surface area contributed by atoms with E-state index in [0.29, 0.717) is 18.9 Å². The van der Waals surface area contributed by atoms with Crippen molar-refractivity contribution in [3.63, 3.8) is 0 Å². The number of carbonyl (C=O) groups is 1. The molecule has 3 heteroatoms. The van der Waals surface area contributed by atoms with Gasteiger partial charge in [0.2, 0.25) is 0 Å². The van der Waals surface area contributed by atoms with Gasteiger partial charge in [-0.1, -0.05) is 6.07 Å². The lowest BCUT2D eigenvalue weighted by molar-refractivity contribution is -0.137. The van der Waals surface area contributed by atoms with Crippen molar-refractivity contribution in [1.29, 1.82) is 0 Å². The molecule has 1 aliphatic rings. The van der Waals surface area contributed by atoms with E-state index in [1.165, 1.54) is 0 Å². The minimum Gasteiger partial charge on any atom is -0.465 e. The fourth-order valence-corrected chi connectivity index (χ4v) is 1.51. The predicted molar refractivity (Wildman–Crippen MR) is 47.0 cm³/mol. The number of carbonyl (C=O) groups excluding carboxylic acids is 1. The summed E-state index contributed by atoms with van der Waals surface area (Å²) in [7, 11) is 0. The lowest BCUT2D eigenvalue weighted by Gasteiger charge is -2.03. The van der Waals surface area contributed by atoms with Gasteiger partial charge in [0, 0.05) is 17.8 Å². The molecule has 0 aliphatic carbocycles. The van der Waals surface area contributed by atoms with Crippen molar-refractivity contribution in [2.45, 2.75) is 12.8 Å². The zero-order valence-electron chi connectivity index (χ0n) is 7.27. The van der Waals surface area contributed by atoms with Gasteiger partial charge in [0.1, 0.15) is 0 Å². The van der Waals surface area contributed by atoms with E-state index in [-0.39, 0.29) is 5.97 Å². The lowest BCUT2D eigenvalue weighted by atomic mass is 10.0. The molecule has 1 saturated heterocycles. The third-order valence-electron chi connectivity index (χ3n) is 2.16. The molecule has 0 saturated carbocycles. The van der Waals surface area contributed by atoms with Gasteiger partial charge in [0.25, 0.3) is 0 Å². The molecular weight excluding hydrogens is 166 g/mol. The molecular formula is C10H11NO2. The third kappa shape index (κ3) is 2.05. The third-order valence-corrected chi connectivity index (χ3v) is 2.16. The first-order valence-corrected chi connectivity index (χ1v) is 4.40. The normalized spacial score (nSPS) is 21.5. The van der Waals surface area contributed by atoms with Gasteiger partial charge in [-0.2, -0.15) is 0 Å². The van der Waals surface area contributed by atoms with Crippen LogP contribution >= 0.6 is 0 Å². The second-order valence-electron chi connectivity index (χ2n) is 3.28. The van der Waals surface area contributed by atoms with Crippen LogP contribution in [0.15, 0.2) is 24.4 Å². The Morgan fingerprint density at radius 1 is 1.54 bits per heavy atom. The Balaban J connectivity index is 1.96. The van der Waals surface area contributed by atoms with E-state index in [0.717, 1.165) is 12.1 Å². The predicted octanol–water partition coefficient (Wildman–Crippen LogP) is 1.19. The second kappa shape index (κ2) is 3.56. The number of pyridine rings is 1. The van der Waals surface area contributed by atoms with E-state index < -0.39 is 0 Å². The number of aromatic nitrogens is 1. The first kappa shape index (κ1) is 8.23. The summed E-state index contributed by atoms with van der Waals surface area (Å²) >= 11 is 0. The van der Waals surface area contributed by atoms with Crippen LogP contribution in [-0.4, -0.2) is 17.6 Å². The fraction of sp³-hybridized carbons (Fsp3) is 0.400. The molecule has 0 bridgehead atoms. The minimum absolute atomic E-state index is 0.0825. The van der Waals surface area contributed by atoms with E-state index >= 15 is 0 Å². The van der Waals surface area contributed by atoms with E-state index in [4.69, 9.17) is 4.74 Å². The highest BCUT2D eigenvalue weighted by Gasteiger charge is 2.23. The van der Waals surface area contributed by atoms with Gasteiger partial charge in [-0.05, 0) is 18.6 Å². The first-order chi connectivity index (χ1) is 6.34. The van der Waals surface area contributed by atoms with Gasteiger partial charge >= 0.3 is 5.97 Å². The van der Waals surface area contributed by atoms with Crippen LogP contribution in [0.2, 0.25) is 0 Å². The summed E-state index contributed by atoms with van der Waals surface area (Å²) in [6, 6.07) is 5.82. The summed E-state index contributed by atoms with van der Waals surface area (Å²) in [4.78, 5) is 15.0. The molecule has 0 aromatic carbocycles. The van der Waals surface area contributed by atoms with Crippen LogP contribution < -0.4 is 0 Å². The average molecular weight is 177 g/mol. The number of rotatable bonds is 2. The number of hydrogen-bond acceptors (Lipinski definition) is 3. The standard InChI is InChI=1S/C10H11NO2/c12-10-6-8(7-13-10)5-9-3-1-2-4-11-9/h1-4,8H,5-7H2. The Morgan fingerprint density at radius 3 is 3.08 bits per heavy atom. The Morgan fingerprint density at radius 2 is 2.46 bits per heavy atom. The molecule has 0 N–H and O–H groups in total. The van der Waals surface area contributed by atoms with Crippen LogP contribution in [0.5, 0.6) is 0 Å². The first-order valence-electron chi connectivity index (χ1n) is 4.40. The van der Waals surface area contributed by atoms with Gasteiger partial charge in [-0.25, -0.2) is 0 Å². The maximum atomic E-state index is 10.8. The highest BCUT2D eigenvalue weighted by molar-refractivity contribution is 5.71. The molecule has 1 aliphatic heterocycles. The minimum atomic E-state index is -0.0825. The summed E-state index contributed by atoms with van der Waals surface area (Å²) in [5, 5.41) is 0. The Bertz CT molecular complexity index is 297. The van der Waals surface area contributed by atoms with Crippen LogP contribution in [0.4, 0.5) is 0 Å². The summed E-state index contributed by atoms with van der Waals surface area (Å²) in [5.41, 5.74) is 1.03. The molecule has 1 fully saturated rings.